The molecule has 0 bridgehead atoms. The second-order valence-electron chi connectivity index (χ2n) is 6.27. The predicted octanol–water partition coefficient (Wildman–Crippen LogP) is 2.15. The highest BCUT2D eigenvalue weighted by molar-refractivity contribution is 5.78. The lowest BCUT2D eigenvalue weighted by Crippen LogP contribution is -2.32. The molecule has 1 fully saturated rings. The van der Waals surface area contributed by atoms with Gasteiger partial charge in [0.2, 0.25) is 5.91 Å². The molecule has 2 aromatic heterocycles. The lowest BCUT2D eigenvalue weighted by atomic mass is 9.95. The molecular weight excluding hydrogens is 304 g/mol. The molecule has 126 valence electrons. The van der Waals surface area contributed by atoms with Crippen molar-refractivity contribution in [1.82, 2.24) is 20.3 Å². The number of carbonyl (C=O) groups excluding carboxylic acids is 1. The molecule has 1 unspecified atom stereocenters. The van der Waals surface area contributed by atoms with Crippen molar-refractivity contribution in [2.45, 2.75) is 44.8 Å². The minimum absolute atomic E-state index is 0.0466. The van der Waals surface area contributed by atoms with Gasteiger partial charge in [0, 0.05) is 43.5 Å². The van der Waals surface area contributed by atoms with E-state index in [1.807, 2.05) is 19.1 Å². The van der Waals surface area contributed by atoms with Crippen molar-refractivity contribution in [2.75, 3.05) is 6.61 Å². The molecule has 0 saturated carbocycles. The largest absolute Gasteiger partial charge is 0.367 e. The lowest BCUT2D eigenvalue weighted by molar-refractivity contribution is -0.120. The van der Waals surface area contributed by atoms with Crippen LogP contribution in [0.3, 0.4) is 0 Å². The van der Waals surface area contributed by atoms with Gasteiger partial charge in [-0.05, 0) is 37.8 Å². The number of rotatable bonds is 5. The summed E-state index contributed by atoms with van der Waals surface area (Å²) in [5.41, 5.74) is 1.38. The highest BCUT2D eigenvalue weighted by Crippen LogP contribution is 2.32. The van der Waals surface area contributed by atoms with Crippen LogP contribution >= 0.6 is 0 Å². The topological polar surface area (TPSA) is 77.0 Å². The molecule has 0 radical (unpaired) electrons. The minimum Gasteiger partial charge on any atom is -0.367 e. The fourth-order valence-electron chi connectivity index (χ4n) is 2.78. The van der Waals surface area contributed by atoms with Crippen molar-refractivity contribution in [3.8, 4) is 0 Å². The number of amides is 1. The normalized spacial score (nSPS) is 20.5. The monoisotopic (exact) mass is 326 g/mol. The van der Waals surface area contributed by atoms with Crippen LogP contribution in [-0.4, -0.2) is 27.5 Å². The number of pyridine rings is 1. The zero-order chi connectivity index (χ0) is 16.8. The van der Waals surface area contributed by atoms with E-state index in [2.05, 4.69) is 20.3 Å². The maximum Gasteiger partial charge on any atom is 0.224 e. The van der Waals surface area contributed by atoms with Crippen molar-refractivity contribution >= 4 is 5.91 Å². The first-order chi connectivity index (χ1) is 11.7. The average Bonchev–Trinajstić information content (AvgIpc) is 2.62. The Balaban J connectivity index is 1.53. The van der Waals surface area contributed by atoms with Crippen LogP contribution < -0.4 is 5.32 Å². The van der Waals surface area contributed by atoms with Crippen molar-refractivity contribution in [3.05, 3.63) is 53.9 Å². The molecule has 2 aromatic rings. The van der Waals surface area contributed by atoms with E-state index in [0.717, 1.165) is 37.0 Å². The van der Waals surface area contributed by atoms with Crippen LogP contribution in [0.5, 0.6) is 0 Å². The average molecular weight is 326 g/mol. The summed E-state index contributed by atoms with van der Waals surface area (Å²) < 4.78 is 5.86. The Hall–Kier alpha value is -2.34. The SMILES string of the molecule is CC1(c2ncc(CNC(=O)Cc3cccnc3)cn2)CCCCO1. The van der Waals surface area contributed by atoms with Crippen molar-refractivity contribution in [3.63, 3.8) is 0 Å². The fraction of sp³-hybridized carbons (Fsp3) is 0.444. The molecule has 1 aliphatic rings. The van der Waals surface area contributed by atoms with E-state index in [-0.39, 0.29) is 11.5 Å². The molecule has 1 saturated heterocycles. The molecule has 1 aliphatic heterocycles. The third-order valence-corrected chi connectivity index (χ3v) is 4.22. The maximum atomic E-state index is 12.0. The van der Waals surface area contributed by atoms with E-state index in [4.69, 9.17) is 4.74 Å². The zero-order valence-corrected chi connectivity index (χ0v) is 13.9. The molecule has 1 N–H and O–H groups in total. The van der Waals surface area contributed by atoms with Crippen LogP contribution in [0.1, 0.15) is 43.1 Å². The van der Waals surface area contributed by atoms with Crippen LogP contribution in [0.15, 0.2) is 36.9 Å². The lowest BCUT2D eigenvalue weighted by Gasteiger charge is -2.32. The molecule has 3 rings (SSSR count). The van der Waals surface area contributed by atoms with Gasteiger partial charge in [0.1, 0.15) is 5.60 Å². The number of nitrogens with zero attached hydrogens (tertiary/aromatic N) is 3. The zero-order valence-electron chi connectivity index (χ0n) is 13.9. The second kappa shape index (κ2) is 7.49. The Morgan fingerprint density at radius 2 is 2.08 bits per heavy atom. The summed E-state index contributed by atoms with van der Waals surface area (Å²) in [6.45, 7) is 3.21. The van der Waals surface area contributed by atoms with E-state index in [1.54, 1.807) is 24.8 Å². The molecule has 24 heavy (non-hydrogen) atoms. The number of ether oxygens (including phenoxy) is 1. The molecular formula is C18H22N4O2. The Morgan fingerprint density at radius 3 is 2.75 bits per heavy atom. The first-order valence-electron chi connectivity index (χ1n) is 8.27. The molecule has 0 aromatic carbocycles. The van der Waals surface area contributed by atoms with Gasteiger partial charge in [-0.3, -0.25) is 9.78 Å². The van der Waals surface area contributed by atoms with Gasteiger partial charge < -0.3 is 10.1 Å². The van der Waals surface area contributed by atoms with Crippen LogP contribution in [-0.2, 0) is 28.1 Å². The third kappa shape index (κ3) is 4.14. The highest BCUT2D eigenvalue weighted by Gasteiger charge is 2.32. The van der Waals surface area contributed by atoms with Crippen molar-refractivity contribution in [1.29, 1.82) is 0 Å². The van der Waals surface area contributed by atoms with Gasteiger partial charge in [0.25, 0.3) is 0 Å². The number of aromatic nitrogens is 3. The van der Waals surface area contributed by atoms with Gasteiger partial charge in [0.05, 0.1) is 6.42 Å². The van der Waals surface area contributed by atoms with E-state index >= 15 is 0 Å². The Bertz CT molecular complexity index is 667. The van der Waals surface area contributed by atoms with Gasteiger partial charge in [-0.1, -0.05) is 6.07 Å². The summed E-state index contributed by atoms with van der Waals surface area (Å²) in [5.74, 6) is 0.669. The van der Waals surface area contributed by atoms with Crippen LogP contribution in [0, 0.1) is 0 Å². The Labute approximate surface area is 141 Å². The molecule has 0 aliphatic carbocycles. The fourth-order valence-corrected chi connectivity index (χ4v) is 2.78. The van der Waals surface area contributed by atoms with Gasteiger partial charge in [-0.25, -0.2) is 9.97 Å². The minimum atomic E-state index is -0.389. The van der Waals surface area contributed by atoms with E-state index in [9.17, 15) is 4.79 Å². The van der Waals surface area contributed by atoms with Gasteiger partial charge in [0.15, 0.2) is 5.82 Å². The first-order valence-corrected chi connectivity index (χ1v) is 8.27. The molecule has 3 heterocycles. The summed E-state index contributed by atoms with van der Waals surface area (Å²) in [4.78, 5) is 24.8. The van der Waals surface area contributed by atoms with Gasteiger partial charge in [-0.2, -0.15) is 0 Å². The number of hydrogen-bond donors (Lipinski definition) is 1. The second-order valence-corrected chi connectivity index (χ2v) is 6.27. The maximum absolute atomic E-state index is 12.0. The third-order valence-electron chi connectivity index (χ3n) is 4.22. The molecule has 0 spiro atoms. The van der Waals surface area contributed by atoms with Crippen LogP contribution in [0.2, 0.25) is 0 Å². The number of hydrogen-bond acceptors (Lipinski definition) is 5. The summed E-state index contributed by atoms with van der Waals surface area (Å²) in [5, 5.41) is 2.88. The quantitative estimate of drug-likeness (QED) is 0.911. The summed E-state index contributed by atoms with van der Waals surface area (Å²) >= 11 is 0. The molecule has 1 amide bonds. The standard InChI is InChI=1S/C18H22N4O2/c1-18(6-2-3-8-24-18)17-21-12-15(13-22-17)11-20-16(23)9-14-5-4-7-19-10-14/h4-5,7,10,12-13H,2-3,6,8-9,11H2,1H3,(H,20,23). The van der Waals surface area contributed by atoms with Gasteiger partial charge >= 0.3 is 0 Å². The van der Waals surface area contributed by atoms with E-state index in [1.165, 1.54) is 0 Å². The first kappa shape index (κ1) is 16.5. The predicted molar refractivity (Wildman–Crippen MR) is 89.0 cm³/mol. The smallest absolute Gasteiger partial charge is 0.224 e. The molecule has 1 atom stereocenters. The van der Waals surface area contributed by atoms with Crippen molar-refractivity contribution in [2.24, 2.45) is 0 Å². The number of nitrogens with one attached hydrogen (secondary N) is 1. The molecule has 6 nitrogen and oxygen atoms in total. The van der Waals surface area contributed by atoms with Crippen LogP contribution in [0.25, 0.3) is 0 Å². The Kier molecular flexibility index (Phi) is 5.15. The number of carbonyl (C=O) groups is 1. The van der Waals surface area contributed by atoms with Gasteiger partial charge in [-0.15, -0.1) is 0 Å². The van der Waals surface area contributed by atoms with E-state index < -0.39 is 0 Å². The van der Waals surface area contributed by atoms with Crippen LogP contribution in [0.4, 0.5) is 0 Å². The summed E-state index contributed by atoms with van der Waals surface area (Å²) in [6, 6.07) is 3.71. The highest BCUT2D eigenvalue weighted by atomic mass is 16.5. The summed E-state index contributed by atoms with van der Waals surface area (Å²) in [7, 11) is 0. The Morgan fingerprint density at radius 1 is 1.25 bits per heavy atom. The van der Waals surface area contributed by atoms with Crippen molar-refractivity contribution < 1.29 is 9.53 Å². The molecule has 6 heteroatoms. The summed E-state index contributed by atoms with van der Waals surface area (Å²) in [6.07, 6.45) is 10.4. The van der Waals surface area contributed by atoms with E-state index in [0.29, 0.717) is 18.8 Å².